The smallest absolute Gasteiger partial charge is 0.0898 e. The molecule has 0 bridgehead atoms. The molecule has 3 aliphatic rings. The fourth-order valence-corrected chi connectivity index (χ4v) is 4.16. The van der Waals surface area contributed by atoms with Gasteiger partial charge in [-0.3, -0.25) is 4.90 Å². The molecule has 4 nitrogen and oxygen atoms in total. The fourth-order valence-electron chi connectivity index (χ4n) is 4.16. The molecule has 2 aliphatic heterocycles. The highest BCUT2D eigenvalue weighted by atomic mass is 15.4. The van der Waals surface area contributed by atoms with E-state index in [9.17, 15) is 0 Å². The Morgan fingerprint density at radius 2 is 1.90 bits per heavy atom. The maximum atomic E-state index is 4.49. The van der Waals surface area contributed by atoms with Crippen LogP contribution in [0.3, 0.4) is 0 Å². The van der Waals surface area contributed by atoms with Gasteiger partial charge in [0.1, 0.15) is 0 Å². The molecule has 0 amide bonds. The topological polar surface area (TPSA) is 34.0 Å². The number of allylic oxidation sites excluding steroid dienone is 4. The first kappa shape index (κ1) is 13.3. The summed E-state index contributed by atoms with van der Waals surface area (Å²) in [6.07, 6.45) is 18.6. The summed E-state index contributed by atoms with van der Waals surface area (Å²) in [7, 11) is 0. The van der Waals surface area contributed by atoms with Gasteiger partial charge in [0, 0.05) is 18.2 Å². The van der Waals surface area contributed by atoms with Crippen LogP contribution in [0.2, 0.25) is 0 Å². The minimum absolute atomic E-state index is 0.412. The third-order valence-electron chi connectivity index (χ3n) is 5.28. The van der Waals surface area contributed by atoms with Crippen molar-refractivity contribution in [2.75, 3.05) is 13.1 Å². The van der Waals surface area contributed by atoms with Crippen molar-refractivity contribution < 1.29 is 0 Å². The van der Waals surface area contributed by atoms with Crippen molar-refractivity contribution >= 4 is 0 Å². The molecule has 112 valence electrons. The van der Waals surface area contributed by atoms with E-state index in [1.165, 1.54) is 45.2 Å². The van der Waals surface area contributed by atoms with Gasteiger partial charge in [0.2, 0.25) is 0 Å². The van der Waals surface area contributed by atoms with Gasteiger partial charge in [0.25, 0.3) is 0 Å². The first-order valence-corrected chi connectivity index (χ1v) is 8.41. The quantitative estimate of drug-likeness (QED) is 0.837. The Kier molecular flexibility index (Phi) is 3.63. The molecule has 21 heavy (non-hydrogen) atoms. The van der Waals surface area contributed by atoms with Gasteiger partial charge in [-0.1, -0.05) is 35.9 Å². The molecule has 0 N–H and O–H groups in total. The Labute approximate surface area is 126 Å². The average Bonchev–Trinajstić information content (AvgIpc) is 3.05. The van der Waals surface area contributed by atoms with E-state index in [-0.39, 0.29) is 0 Å². The molecule has 1 aliphatic carbocycles. The van der Waals surface area contributed by atoms with Gasteiger partial charge in [0.15, 0.2) is 0 Å². The van der Waals surface area contributed by atoms with E-state index < -0.39 is 0 Å². The monoisotopic (exact) mass is 284 g/mol. The molecule has 3 atom stereocenters. The largest absolute Gasteiger partial charge is 0.298 e. The summed E-state index contributed by atoms with van der Waals surface area (Å²) < 4.78 is 2.17. The van der Waals surface area contributed by atoms with Crippen LogP contribution < -0.4 is 0 Å². The lowest BCUT2D eigenvalue weighted by molar-refractivity contribution is 0.0587. The molecule has 2 saturated heterocycles. The summed E-state index contributed by atoms with van der Waals surface area (Å²) in [4.78, 5) is 2.68. The van der Waals surface area contributed by atoms with E-state index in [2.05, 4.69) is 50.4 Å². The summed E-state index contributed by atoms with van der Waals surface area (Å²) in [5.41, 5.74) is 1.13. The molecule has 4 heteroatoms. The van der Waals surface area contributed by atoms with Gasteiger partial charge in [-0.2, -0.15) is 0 Å². The first-order valence-electron chi connectivity index (χ1n) is 8.41. The lowest BCUT2D eigenvalue weighted by Crippen LogP contribution is -2.48. The van der Waals surface area contributed by atoms with Crippen LogP contribution in [0.15, 0.2) is 30.5 Å². The average molecular weight is 284 g/mol. The molecule has 3 unspecified atom stereocenters. The van der Waals surface area contributed by atoms with Crippen LogP contribution in [-0.4, -0.2) is 39.0 Å². The highest BCUT2D eigenvalue weighted by molar-refractivity contribution is 5.21. The number of hydrogen-bond donors (Lipinski definition) is 0. The van der Waals surface area contributed by atoms with Crippen LogP contribution in [0.1, 0.15) is 56.2 Å². The zero-order valence-electron chi connectivity index (χ0n) is 12.6. The van der Waals surface area contributed by atoms with E-state index in [0.29, 0.717) is 18.0 Å². The van der Waals surface area contributed by atoms with Crippen LogP contribution in [0, 0.1) is 0 Å². The van der Waals surface area contributed by atoms with E-state index >= 15 is 0 Å². The summed E-state index contributed by atoms with van der Waals surface area (Å²) in [6, 6.07) is 1.22. The minimum Gasteiger partial charge on any atom is -0.298 e. The number of aromatic nitrogens is 3. The van der Waals surface area contributed by atoms with E-state index in [1.54, 1.807) is 0 Å². The Balaban J connectivity index is 1.54. The van der Waals surface area contributed by atoms with Gasteiger partial charge in [-0.05, 0) is 45.2 Å². The lowest BCUT2D eigenvalue weighted by Gasteiger charge is -2.44. The van der Waals surface area contributed by atoms with Crippen molar-refractivity contribution in [2.45, 2.75) is 56.5 Å². The van der Waals surface area contributed by atoms with E-state index in [0.717, 1.165) is 12.1 Å². The summed E-state index contributed by atoms with van der Waals surface area (Å²) >= 11 is 0. The highest BCUT2D eigenvalue weighted by Crippen LogP contribution is 2.34. The number of hydrogen-bond acceptors (Lipinski definition) is 3. The molecule has 2 fully saturated rings. The van der Waals surface area contributed by atoms with Crippen molar-refractivity contribution in [3.8, 4) is 0 Å². The van der Waals surface area contributed by atoms with Crippen LogP contribution in [0.4, 0.5) is 0 Å². The van der Waals surface area contributed by atoms with Gasteiger partial charge >= 0.3 is 0 Å². The summed E-state index contributed by atoms with van der Waals surface area (Å²) in [5, 5.41) is 8.95. The molecule has 1 aromatic rings. The summed E-state index contributed by atoms with van der Waals surface area (Å²) in [6.45, 7) is 2.55. The number of nitrogens with zero attached hydrogens (tertiary/aromatic N) is 4. The second kappa shape index (κ2) is 5.76. The second-order valence-electron chi connectivity index (χ2n) is 6.59. The number of rotatable bonds is 2. The zero-order chi connectivity index (χ0) is 14.1. The molecule has 0 radical (unpaired) electrons. The maximum absolute atomic E-state index is 4.49. The molecule has 0 aromatic carbocycles. The third-order valence-corrected chi connectivity index (χ3v) is 5.28. The van der Waals surface area contributed by atoms with Gasteiger partial charge in [-0.25, -0.2) is 4.68 Å². The molecular weight excluding hydrogens is 260 g/mol. The van der Waals surface area contributed by atoms with Crippen LogP contribution in [-0.2, 0) is 0 Å². The predicted octanol–water partition coefficient (Wildman–Crippen LogP) is 3.07. The molecule has 1 aromatic heterocycles. The molecular formula is C17H24N4. The molecule has 4 rings (SSSR count). The number of piperidine rings is 2. The highest BCUT2D eigenvalue weighted by Gasteiger charge is 2.34. The zero-order valence-corrected chi connectivity index (χ0v) is 12.6. The Hall–Kier alpha value is -1.42. The predicted molar refractivity (Wildman–Crippen MR) is 83.1 cm³/mol. The molecule has 0 spiro atoms. The van der Waals surface area contributed by atoms with Crippen molar-refractivity contribution in [3.63, 3.8) is 0 Å². The maximum Gasteiger partial charge on any atom is 0.0898 e. The van der Waals surface area contributed by atoms with Gasteiger partial charge in [-0.15, -0.1) is 5.10 Å². The standard InChI is InChI=1S/C17H24N4/c1-2-7-14(8-3-1)15-13-21(19-18-15)17-10-6-12-20-11-5-4-9-16(17)20/h1-3,7,13-14,16-17H,4-6,8-12H2. The SMILES string of the molecule is C1=CCC(c2cn(C3CCCN4CCCCC34)nn2)C=C1. The normalized spacial score (nSPS) is 33.0. The van der Waals surface area contributed by atoms with Crippen LogP contribution in [0.25, 0.3) is 0 Å². The Bertz CT molecular complexity index is 543. The molecule has 0 saturated carbocycles. The van der Waals surface area contributed by atoms with Crippen molar-refractivity contribution in [1.82, 2.24) is 19.9 Å². The van der Waals surface area contributed by atoms with E-state index in [4.69, 9.17) is 0 Å². The molecule has 3 heterocycles. The lowest BCUT2D eigenvalue weighted by atomic mass is 9.89. The third kappa shape index (κ3) is 2.57. The van der Waals surface area contributed by atoms with Crippen molar-refractivity contribution in [3.05, 3.63) is 36.2 Å². The van der Waals surface area contributed by atoms with Crippen molar-refractivity contribution in [1.29, 1.82) is 0 Å². The summed E-state index contributed by atoms with van der Waals surface area (Å²) in [5.74, 6) is 0.412. The van der Waals surface area contributed by atoms with E-state index in [1.807, 2.05) is 0 Å². The Morgan fingerprint density at radius 1 is 1.00 bits per heavy atom. The van der Waals surface area contributed by atoms with Gasteiger partial charge in [0.05, 0.1) is 11.7 Å². The minimum atomic E-state index is 0.412. The number of fused-ring (bicyclic) bond motifs is 1. The van der Waals surface area contributed by atoms with Crippen LogP contribution in [0.5, 0.6) is 0 Å². The van der Waals surface area contributed by atoms with Crippen molar-refractivity contribution in [2.24, 2.45) is 0 Å². The second-order valence-corrected chi connectivity index (χ2v) is 6.59. The first-order chi connectivity index (χ1) is 10.4. The Morgan fingerprint density at radius 3 is 2.81 bits per heavy atom. The van der Waals surface area contributed by atoms with Gasteiger partial charge < -0.3 is 0 Å². The fraction of sp³-hybridized carbons (Fsp3) is 0.647. The van der Waals surface area contributed by atoms with Crippen LogP contribution >= 0.6 is 0 Å².